The first kappa shape index (κ1) is 16.8. The zero-order valence-corrected chi connectivity index (χ0v) is 14.2. The van der Waals surface area contributed by atoms with E-state index in [1.807, 2.05) is 62.4 Å². The molecule has 2 N–H and O–H groups in total. The first-order valence-electron chi connectivity index (χ1n) is 8.13. The first-order chi connectivity index (χ1) is 12.0. The van der Waals surface area contributed by atoms with Crippen LogP contribution in [0.15, 0.2) is 59.2 Å². The van der Waals surface area contributed by atoms with Gasteiger partial charge in [-0.1, -0.05) is 49.4 Å². The molecule has 1 heterocycles. The van der Waals surface area contributed by atoms with Crippen LogP contribution < -0.4 is 5.32 Å². The topological polar surface area (TPSA) is 75.4 Å². The fourth-order valence-electron chi connectivity index (χ4n) is 2.65. The van der Waals surface area contributed by atoms with Gasteiger partial charge >= 0.3 is 5.97 Å². The summed E-state index contributed by atoms with van der Waals surface area (Å²) >= 11 is 0. The number of hydrogen-bond acceptors (Lipinski definition) is 4. The Bertz CT molecular complexity index is 872. The Morgan fingerprint density at radius 2 is 2.00 bits per heavy atom. The number of rotatable bonds is 6. The molecule has 5 heteroatoms. The Hall–Kier alpha value is -3.08. The Labute approximate surface area is 146 Å². The number of benzene rings is 2. The number of aryl methyl sites for hydroxylation is 1. The summed E-state index contributed by atoms with van der Waals surface area (Å²) in [5.74, 6) is -0.870. The smallest absolute Gasteiger partial charge is 0.303 e. The SMILES string of the molecule is Cc1ccc(C(C)CC(=O)O)cc1Nc1nc(-c2ccccc2)co1. The van der Waals surface area contributed by atoms with Crippen molar-refractivity contribution in [3.05, 3.63) is 65.9 Å². The van der Waals surface area contributed by atoms with Crippen LogP contribution in [0.5, 0.6) is 0 Å². The molecule has 5 nitrogen and oxygen atoms in total. The van der Waals surface area contributed by atoms with Crippen molar-refractivity contribution in [1.82, 2.24) is 4.98 Å². The molecule has 0 radical (unpaired) electrons. The Balaban J connectivity index is 1.81. The summed E-state index contributed by atoms with van der Waals surface area (Å²) in [4.78, 5) is 15.4. The number of hydrogen-bond donors (Lipinski definition) is 2. The Kier molecular flexibility index (Phi) is 4.84. The highest BCUT2D eigenvalue weighted by Crippen LogP contribution is 2.28. The third-order valence-corrected chi connectivity index (χ3v) is 4.13. The van der Waals surface area contributed by atoms with E-state index in [4.69, 9.17) is 9.52 Å². The number of carbonyl (C=O) groups is 1. The Morgan fingerprint density at radius 3 is 2.72 bits per heavy atom. The van der Waals surface area contributed by atoms with Gasteiger partial charge in [-0.15, -0.1) is 0 Å². The van der Waals surface area contributed by atoms with Gasteiger partial charge in [0.2, 0.25) is 0 Å². The van der Waals surface area contributed by atoms with Crippen LogP contribution in [0.1, 0.15) is 30.4 Å². The third kappa shape index (κ3) is 4.07. The maximum absolute atomic E-state index is 10.9. The van der Waals surface area contributed by atoms with Gasteiger partial charge < -0.3 is 14.8 Å². The molecular formula is C20H20N2O3. The van der Waals surface area contributed by atoms with Crippen LogP contribution in [0.25, 0.3) is 11.3 Å². The number of anilines is 2. The van der Waals surface area contributed by atoms with Crippen LogP contribution in [0.2, 0.25) is 0 Å². The lowest BCUT2D eigenvalue weighted by Gasteiger charge is -2.13. The number of nitrogens with zero attached hydrogens (tertiary/aromatic N) is 1. The lowest BCUT2D eigenvalue weighted by atomic mass is 9.96. The first-order valence-corrected chi connectivity index (χ1v) is 8.13. The van der Waals surface area contributed by atoms with E-state index in [0.29, 0.717) is 6.01 Å². The number of aliphatic carboxylic acids is 1. The summed E-state index contributed by atoms with van der Waals surface area (Å²) in [5, 5.41) is 12.2. The molecule has 0 aliphatic rings. The second-order valence-electron chi connectivity index (χ2n) is 6.10. The number of carboxylic acids is 1. The second-order valence-corrected chi connectivity index (χ2v) is 6.10. The van der Waals surface area contributed by atoms with Crippen molar-refractivity contribution in [2.75, 3.05) is 5.32 Å². The van der Waals surface area contributed by atoms with Crippen molar-refractivity contribution >= 4 is 17.7 Å². The van der Waals surface area contributed by atoms with E-state index in [2.05, 4.69) is 10.3 Å². The van der Waals surface area contributed by atoms with Crippen molar-refractivity contribution < 1.29 is 14.3 Å². The highest BCUT2D eigenvalue weighted by atomic mass is 16.4. The molecule has 0 aliphatic heterocycles. The average Bonchev–Trinajstić information content (AvgIpc) is 3.05. The van der Waals surface area contributed by atoms with Gasteiger partial charge in [-0.25, -0.2) is 0 Å². The maximum atomic E-state index is 10.9. The lowest BCUT2D eigenvalue weighted by Crippen LogP contribution is -2.04. The van der Waals surface area contributed by atoms with Gasteiger partial charge in [0.15, 0.2) is 0 Å². The van der Waals surface area contributed by atoms with Crippen molar-refractivity contribution in [3.8, 4) is 11.3 Å². The molecule has 0 amide bonds. The highest BCUT2D eigenvalue weighted by Gasteiger charge is 2.13. The molecule has 0 bridgehead atoms. The van der Waals surface area contributed by atoms with E-state index in [0.717, 1.165) is 28.1 Å². The molecule has 25 heavy (non-hydrogen) atoms. The van der Waals surface area contributed by atoms with Crippen molar-refractivity contribution in [1.29, 1.82) is 0 Å². The largest absolute Gasteiger partial charge is 0.481 e. The molecule has 0 saturated carbocycles. The fraction of sp³-hybridized carbons (Fsp3) is 0.200. The van der Waals surface area contributed by atoms with Crippen LogP contribution in [0.3, 0.4) is 0 Å². The van der Waals surface area contributed by atoms with Gasteiger partial charge in [0.05, 0.1) is 6.42 Å². The van der Waals surface area contributed by atoms with Gasteiger partial charge in [0, 0.05) is 11.3 Å². The zero-order valence-electron chi connectivity index (χ0n) is 14.2. The minimum Gasteiger partial charge on any atom is -0.481 e. The quantitative estimate of drug-likeness (QED) is 0.664. The summed E-state index contributed by atoms with van der Waals surface area (Å²) in [6.45, 7) is 3.89. The maximum Gasteiger partial charge on any atom is 0.303 e. The van der Waals surface area contributed by atoms with Gasteiger partial charge in [0.1, 0.15) is 12.0 Å². The minimum absolute atomic E-state index is 0.0666. The van der Waals surface area contributed by atoms with Crippen molar-refractivity contribution in [3.63, 3.8) is 0 Å². The summed E-state index contributed by atoms with van der Waals surface area (Å²) in [7, 11) is 0. The third-order valence-electron chi connectivity index (χ3n) is 4.13. The van der Waals surface area contributed by atoms with Crippen LogP contribution in [-0.4, -0.2) is 16.1 Å². The molecule has 1 unspecified atom stereocenters. The van der Waals surface area contributed by atoms with Gasteiger partial charge in [-0.2, -0.15) is 4.98 Å². The van der Waals surface area contributed by atoms with Crippen LogP contribution in [-0.2, 0) is 4.79 Å². The number of carboxylic acid groups (broad SMARTS) is 1. The summed E-state index contributed by atoms with van der Waals surface area (Å²) in [5.41, 5.74) is 4.60. The molecule has 0 aliphatic carbocycles. The van der Waals surface area contributed by atoms with Gasteiger partial charge in [-0.05, 0) is 30.0 Å². The van der Waals surface area contributed by atoms with Crippen LogP contribution in [0, 0.1) is 6.92 Å². The monoisotopic (exact) mass is 336 g/mol. The molecule has 0 saturated heterocycles. The normalized spacial score (nSPS) is 11.9. The average molecular weight is 336 g/mol. The fourth-order valence-corrected chi connectivity index (χ4v) is 2.65. The lowest BCUT2D eigenvalue weighted by molar-refractivity contribution is -0.137. The van der Waals surface area contributed by atoms with E-state index in [1.165, 1.54) is 0 Å². The van der Waals surface area contributed by atoms with E-state index < -0.39 is 5.97 Å². The molecule has 2 aromatic carbocycles. The van der Waals surface area contributed by atoms with Crippen molar-refractivity contribution in [2.45, 2.75) is 26.2 Å². The van der Waals surface area contributed by atoms with E-state index >= 15 is 0 Å². The second kappa shape index (κ2) is 7.21. The number of nitrogens with one attached hydrogen (secondary N) is 1. The van der Waals surface area contributed by atoms with E-state index in [-0.39, 0.29) is 12.3 Å². The van der Waals surface area contributed by atoms with E-state index in [1.54, 1.807) is 6.26 Å². The Morgan fingerprint density at radius 1 is 1.24 bits per heavy atom. The van der Waals surface area contributed by atoms with E-state index in [9.17, 15) is 4.79 Å². The molecule has 3 aromatic rings. The van der Waals surface area contributed by atoms with Gasteiger partial charge in [0.25, 0.3) is 6.01 Å². The van der Waals surface area contributed by atoms with Crippen molar-refractivity contribution in [2.24, 2.45) is 0 Å². The summed E-state index contributed by atoms with van der Waals surface area (Å²) in [6, 6.07) is 16.1. The number of oxazole rings is 1. The molecule has 128 valence electrons. The summed E-state index contributed by atoms with van der Waals surface area (Å²) < 4.78 is 5.53. The van der Waals surface area contributed by atoms with Crippen LogP contribution in [0.4, 0.5) is 11.7 Å². The molecule has 1 aromatic heterocycles. The molecular weight excluding hydrogens is 316 g/mol. The predicted molar refractivity (Wildman–Crippen MR) is 97.1 cm³/mol. The van der Waals surface area contributed by atoms with Gasteiger partial charge in [-0.3, -0.25) is 4.79 Å². The standard InChI is InChI=1S/C20H20N2O3/c1-13-8-9-16(14(2)10-19(23)24)11-17(13)21-20-22-18(12-25-20)15-6-4-3-5-7-15/h3-9,11-12,14H,10H2,1-2H3,(H,21,22)(H,23,24). The molecule has 0 spiro atoms. The summed E-state index contributed by atoms with van der Waals surface area (Å²) in [6.07, 6.45) is 1.71. The molecule has 1 atom stereocenters. The molecule has 3 rings (SSSR count). The molecule has 0 fully saturated rings. The minimum atomic E-state index is -0.803. The number of aromatic nitrogens is 1. The zero-order chi connectivity index (χ0) is 17.8. The highest BCUT2D eigenvalue weighted by molar-refractivity contribution is 5.68. The van der Waals surface area contributed by atoms with Crippen LogP contribution >= 0.6 is 0 Å². The predicted octanol–water partition coefficient (Wildman–Crippen LogP) is 4.97.